The number of H-pyrrole nitrogens is 1. The number of aryl methyl sites for hydroxylation is 1. The Morgan fingerprint density at radius 1 is 1.48 bits per heavy atom. The Hall–Kier alpha value is -1.45. The van der Waals surface area contributed by atoms with Crippen molar-refractivity contribution in [2.75, 3.05) is 11.3 Å². The molecule has 1 atom stereocenters. The first-order valence-corrected chi connectivity index (χ1v) is 9.02. The van der Waals surface area contributed by atoms with Crippen molar-refractivity contribution in [1.29, 1.82) is 0 Å². The van der Waals surface area contributed by atoms with Gasteiger partial charge in [0.1, 0.15) is 4.90 Å². The minimum Gasteiger partial charge on any atom is -0.309 e. The normalized spacial score (nSPS) is 13.3. The van der Waals surface area contributed by atoms with E-state index in [0.29, 0.717) is 10.8 Å². The van der Waals surface area contributed by atoms with E-state index < -0.39 is 10.0 Å². The number of hydrogen-bond donors (Lipinski definition) is 3. The second-order valence-corrected chi connectivity index (χ2v) is 7.23. The first-order chi connectivity index (χ1) is 9.94. The predicted molar refractivity (Wildman–Crippen MR) is 83.0 cm³/mol. The number of anilines is 1. The molecule has 0 aliphatic rings. The van der Waals surface area contributed by atoms with Crippen molar-refractivity contribution in [2.45, 2.75) is 38.1 Å². The fraction of sp³-hybridized carbons (Fsp3) is 0.500. The minimum atomic E-state index is -3.65. The Morgan fingerprint density at radius 2 is 2.24 bits per heavy atom. The van der Waals surface area contributed by atoms with Gasteiger partial charge in [0.15, 0.2) is 5.13 Å². The van der Waals surface area contributed by atoms with Gasteiger partial charge in [-0.05, 0) is 26.8 Å². The van der Waals surface area contributed by atoms with Crippen molar-refractivity contribution in [3.63, 3.8) is 0 Å². The van der Waals surface area contributed by atoms with E-state index in [1.165, 1.54) is 17.5 Å². The van der Waals surface area contributed by atoms with Gasteiger partial charge in [-0.15, -0.1) is 11.3 Å². The summed E-state index contributed by atoms with van der Waals surface area (Å²) in [5.74, 6) is 0. The molecule has 2 aromatic rings. The molecule has 0 aliphatic carbocycles. The number of sulfonamides is 1. The molecule has 0 saturated heterocycles. The molecule has 0 bridgehead atoms. The molecule has 0 aromatic carbocycles. The monoisotopic (exact) mass is 329 g/mol. The van der Waals surface area contributed by atoms with Gasteiger partial charge in [-0.1, -0.05) is 6.92 Å². The molecule has 7 nitrogen and oxygen atoms in total. The van der Waals surface area contributed by atoms with E-state index in [0.717, 1.165) is 18.7 Å². The van der Waals surface area contributed by atoms with Crippen molar-refractivity contribution in [3.8, 4) is 0 Å². The van der Waals surface area contributed by atoms with E-state index in [-0.39, 0.29) is 10.9 Å². The molecule has 21 heavy (non-hydrogen) atoms. The third-order valence-corrected chi connectivity index (χ3v) is 5.32. The van der Waals surface area contributed by atoms with Crippen LogP contribution in [0.1, 0.15) is 37.7 Å². The van der Waals surface area contributed by atoms with Crippen molar-refractivity contribution >= 4 is 26.5 Å². The topological polar surface area (TPSA) is 99.8 Å². The standard InChI is InChI=1S/C12H19N5O2S2/c1-4-5-13-8(2)10-7-20-12(15-10)17-21(18,19)11-6-14-16-9(11)3/h6-8,13H,4-5H2,1-3H3,(H,14,16)(H,15,17). The van der Waals surface area contributed by atoms with Gasteiger partial charge in [-0.25, -0.2) is 13.4 Å². The second-order valence-electron chi connectivity index (χ2n) is 4.72. The quantitative estimate of drug-likeness (QED) is 0.722. The maximum atomic E-state index is 12.2. The van der Waals surface area contributed by atoms with Crippen molar-refractivity contribution < 1.29 is 8.42 Å². The molecule has 3 N–H and O–H groups in total. The van der Waals surface area contributed by atoms with Crippen LogP contribution in [0.15, 0.2) is 16.5 Å². The van der Waals surface area contributed by atoms with Crippen LogP contribution in [0.3, 0.4) is 0 Å². The summed E-state index contributed by atoms with van der Waals surface area (Å²) in [6, 6.07) is 0.0927. The van der Waals surface area contributed by atoms with Crippen LogP contribution in [-0.2, 0) is 10.0 Å². The first kappa shape index (κ1) is 15.9. The predicted octanol–water partition coefficient (Wildman–Crippen LogP) is 2.04. The summed E-state index contributed by atoms with van der Waals surface area (Å²) in [6.07, 6.45) is 2.32. The molecule has 1 unspecified atom stereocenters. The van der Waals surface area contributed by atoms with Crippen LogP contribution in [-0.4, -0.2) is 30.1 Å². The molecule has 0 saturated carbocycles. The third-order valence-electron chi connectivity index (χ3n) is 2.96. The Bertz CT molecular complexity index is 692. The lowest BCUT2D eigenvalue weighted by Crippen LogP contribution is -2.19. The van der Waals surface area contributed by atoms with Gasteiger partial charge in [-0.2, -0.15) is 5.10 Å². The summed E-state index contributed by atoms with van der Waals surface area (Å²) in [4.78, 5) is 4.46. The van der Waals surface area contributed by atoms with Crippen LogP contribution in [0.2, 0.25) is 0 Å². The van der Waals surface area contributed by atoms with Crippen LogP contribution in [0, 0.1) is 6.92 Å². The van der Waals surface area contributed by atoms with Gasteiger partial charge in [0, 0.05) is 11.4 Å². The first-order valence-electron chi connectivity index (χ1n) is 6.65. The summed E-state index contributed by atoms with van der Waals surface area (Å²) < 4.78 is 26.9. The highest BCUT2D eigenvalue weighted by Crippen LogP contribution is 2.23. The van der Waals surface area contributed by atoms with Crippen LogP contribution < -0.4 is 10.0 Å². The average Bonchev–Trinajstić information content (AvgIpc) is 3.04. The van der Waals surface area contributed by atoms with E-state index in [1.807, 2.05) is 12.3 Å². The summed E-state index contributed by atoms with van der Waals surface area (Å²) in [6.45, 7) is 6.65. The van der Waals surface area contributed by atoms with E-state index in [2.05, 4.69) is 32.1 Å². The summed E-state index contributed by atoms with van der Waals surface area (Å²) in [7, 11) is -3.65. The number of hydrogen-bond acceptors (Lipinski definition) is 6. The molecular weight excluding hydrogens is 310 g/mol. The number of aromatic amines is 1. The van der Waals surface area contributed by atoms with Gasteiger partial charge in [0.2, 0.25) is 0 Å². The van der Waals surface area contributed by atoms with Gasteiger partial charge in [-0.3, -0.25) is 9.82 Å². The van der Waals surface area contributed by atoms with Gasteiger partial charge < -0.3 is 5.32 Å². The lowest BCUT2D eigenvalue weighted by Gasteiger charge is -2.09. The second kappa shape index (κ2) is 6.54. The largest absolute Gasteiger partial charge is 0.309 e. The zero-order valence-electron chi connectivity index (χ0n) is 12.2. The van der Waals surface area contributed by atoms with E-state index >= 15 is 0 Å². The van der Waals surface area contributed by atoms with Crippen molar-refractivity contribution in [2.24, 2.45) is 0 Å². The van der Waals surface area contributed by atoms with E-state index in [9.17, 15) is 8.42 Å². The number of thiazole rings is 1. The number of nitrogens with one attached hydrogen (secondary N) is 3. The Balaban J connectivity index is 2.11. The molecule has 0 amide bonds. The molecule has 2 rings (SSSR count). The minimum absolute atomic E-state index is 0.0927. The molecule has 116 valence electrons. The molecule has 0 fully saturated rings. The van der Waals surface area contributed by atoms with Crippen molar-refractivity contribution in [1.82, 2.24) is 20.5 Å². The van der Waals surface area contributed by atoms with Crippen LogP contribution >= 0.6 is 11.3 Å². The molecule has 0 spiro atoms. The third kappa shape index (κ3) is 3.80. The van der Waals surface area contributed by atoms with Crippen LogP contribution in [0.4, 0.5) is 5.13 Å². The molecule has 0 radical (unpaired) electrons. The lowest BCUT2D eigenvalue weighted by atomic mass is 10.2. The maximum absolute atomic E-state index is 12.2. The number of nitrogens with zero attached hydrogens (tertiary/aromatic N) is 2. The summed E-state index contributed by atoms with van der Waals surface area (Å²) >= 11 is 1.27. The van der Waals surface area contributed by atoms with Gasteiger partial charge >= 0.3 is 0 Å². The Morgan fingerprint density at radius 3 is 2.86 bits per heavy atom. The highest BCUT2D eigenvalue weighted by molar-refractivity contribution is 7.93. The molecule has 2 heterocycles. The van der Waals surface area contributed by atoms with Crippen LogP contribution in [0.25, 0.3) is 0 Å². The van der Waals surface area contributed by atoms with Crippen molar-refractivity contribution in [3.05, 3.63) is 23.0 Å². The van der Waals surface area contributed by atoms with E-state index in [1.54, 1.807) is 6.92 Å². The summed E-state index contributed by atoms with van der Waals surface area (Å²) in [5, 5.41) is 11.9. The fourth-order valence-corrected chi connectivity index (χ4v) is 3.97. The Kier molecular flexibility index (Phi) is 4.96. The maximum Gasteiger partial charge on any atom is 0.267 e. The highest BCUT2D eigenvalue weighted by atomic mass is 32.2. The molecule has 0 aliphatic heterocycles. The SMILES string of the molecule is CCCNC(C)c1csc(NS(=O)(=O)c2cn[nH]c2C)n1. The van der Waals surface area contributed by atoms with E-state index in [4.69, 9.17) is 0 Å². The van der Waals surface area contributed by atoms with Crippen LogP contribution in [0.5, 0.6) is 0 Å². The average molecular weight is 329 g/mol. The van der Waals surface area contributed by atoms with Gasteiger partial charge in [0.25, 0.3) is 10.0 Å². The smallest absolute Gasteiger partial charge is 0.267 e. The Labute approximate surface area is 128 Å². The lowest BCUT2D eigenvalue weighted by molar-refractivity contribution is 0.561. The molecular formula is C12H19N5O2S2. The zero-order chi connectivity index (χ0) is 15.5. The zero-order valence-corrected chi connectivity index (χ0v) is 13.8. The molecule has 9 heteroatoms. The van der Waals surface area contributed by atoms with Gasteiger partial charge in [0.05, 0.1) is 17.6 Å². The molecule has 2 aromatic heterocycles. The summed E-state index contributed by atoms with van der Waals surface area (Å²) in [5.41, 5.74) is 1.33. The fourth-order valence-electron chi connectivity index (χ4n) is 1.78. The highest BCUT2D eigenvalue weighted by Gasteiger charge is 2.20. The number of rotatable bonds is 7. The number of aromatic nitrogens is 3.